The lowest BCUT2D eigenvalue weighted by Crippen LogP contribution is -2.60. The Kier molecular flexibility index (Phi) is 7.49. The highest BCUT2D eigenvalue weighted by Crippen LogP contribution is 2.29. The first kappa shape index (κ1) is 16.5. The molecule has 2 heteroatoms. The van der Waals surface area contributed by atoms with E-state index in [-0.39, 0.29) is 5.54 Å². The molecule has 0 radical (unpaired) electrons. The van der Waals surface area contributed by atoms with Crippen LogP contribution in [-0.4, -0.2) is 36.1 Å². The maximum absolute atomic E-state index is 5.39. The quantitative estimate of drug-likeness (QED) is 0.534. The second-order valence-corrected chi connectivity index (χ2v) is 5.97. The van der Waals surface area contributed by atoms with Crippen molar-refractivity contribution in [1.82, 2.24) is 10.2 Å². The summed E-state index contributed by atoms with van der Waals surface area (Å²) in [6.45, 7) is 10.6. The molecule has 2 unspecified atom stereocenters. The molecule has 1 saturated heterocycles. The fourth-order valence-electron chi connectivity index (χ4n) is 3.38. The average Bonchev–Trinajstić information content (AvgIpc) is 2.46. The van der Waals surface area contributed by atoms with E-state index in [1.165, 1.54) is 45.2 Å². The Balaban J connectivity index is 2.71. The highest BCUT2D eigenvalue weighted by atomic mass is 15.2. The van der Waals surface area contributed by atoms with Crippen LogP contribution >= 0.6 is 0 Å². The predicted octanol–water partition coefficient (Wildman–Crippen LogP) is 3.42. The summed E-state index contributed by atoms with van der Waals surface area (Å²) >= 11 is 0. The number of likely N-dealkylation sites (N-methyl/N-ethyl adjacent to an activating group) is 1. The zero-order valence-corrected chi connectivity index (χ0v) is 13.2. The minimum Gasteiger partial charge on any atom is -0.312 e. The number of unbranched alkanes of at least 4 members (excludes halogenated alkanes) is 1. The molecule has 1 aliphatic rings. The third-order valence-electron chi connectivity index (χ3n) is 4.81. The fourth-order valence-corrected chi connectivity index (χ4v) is 3.38. The number of nitrogens with zero attached hydrogens (tertiary/aromatic N) is 1. The monoisotopic (exact) mass is 264 g/mol. The number of hydrogen-bond donors (Lipinski definition) is 1. The van der Waals surface area contributed by atoms with Crippen molar-refractivity contribution >= 4 is 0 Å². The van der Waals surface area contributed by atoms with Crippen LogP contribution in [0.5, 0.6) is 0 Å². The van der Waals surface area contributed by atoms with Crippen molar-refractivity contribution in [3.8, 4) is 12.3 Å². The van der Waals surface area contributed by atoms with Gasteiger partial charge in [0.1, 0.15) is 0 Å². The van der Waals surface area contributed by atoms with Crippen LogP contribution < -0.4 is 5.32 Å². The Hall–Kier alpha value is -0.520. The molecule has 0 amide bonds. The van der Waals surface area contributed by atoms with Gasteiger partial charge in [-0.3, -0.25) is 4.90 Å². The van der Waals surface area contributed by atoms with Crippen molar-refractivity contribution in [3.05, 3.63) is 0 Å². The third kappa shape index (κ3) is 4.51. The summed E-state index contributed by atoms with van der Waals surface area (Å²) < 4.78 is 0. The van der Waals surface area contributed by atoms with Crippen LogP contribution in [0.15, 0.2) is 0 Å². The standard InChI is InChI=1S/C17H32N2/c1-5-8-10-13-16(18-7-3)17(4,6-2)19-14-11-9-12-15-19/h1,16,18H,6-15H2,2-4H3. The van der Waals surface area contributed by atoms with E-state index in [1.807, 2.05) is 0 Å². The smallest absolute Gasteiger partial charge is 0.0331 e. The second kappa shape index (κ2) is 8.61. The zero-order valence-electron chi connectivity index (χ0n) is 13.2. The fraction of sp³-hybridized carbons (Fsp3) is 0.882. The van der Waals surface area contributed by atoms with Gasteiger partial charge < -0.3 is 5.32 Å². The minimum atomic E-state index is 0.283. The van der Waals surface area contributed by atoms with Gasteiger partial charge in [0.25, 0.3) is 0 Å². The Morgan fingerprint density at radius 1 is 1.26 bits per heavy atom. The molecule has 0 aromatic rings. The summed E-state index contributed by atoms with van der Waals surface area (Å²) in [7, 11) is 0. The molecule has 0 spiro atoms. The van der Waals surface area contributed by atoms with E-state index in [0.717, 1.165) is 19.4 Å². The lowest BCUT2D eigenvalue weighted by atomic mass is 9.83. The van der Waals surface area contributed by atoms with Gasteiger partial charge in [-0.2, -0.15) is 0 Å². The molecule has 1 N–H and O–H groups in total. The Bertz CT molecular complexity index is 275. The van der Waals surface area contributed by atoms with Crippen LogP contribution in [0.4, 0.5) is 0 Å². The van der Waals surface area contributed by atoms with Gasteiger partial charge >= 0.3 is 0 Å². The van der Waals surface area contributed by atoms with E-state index in [0.29, 0.717) is 6.04 Å². The van der Waals surface area contributed by atoms with Crippen LogP contribution in [-0.2, 0) is 0 Å². The molecular formula is C17H32N2. The highest BCUT2D eigenvalue weighted by molar-refractivity contribution is 4.97. The molecule has 2 atom stereocenters. The number of rotatable bonds is 8. The topological polar surface area (TPSA) is 15.3 Å². The van der Waals surface area contributed by atoms with E-state index in [1.54, 1.807) is 0 Å². The maximum Gasteiger partial charge on any atom is 0.0331 e. The summed E-state index contributed by atoms with van der Waals surface area (Å²) in [5.41, 5.74) is 0.283. The van der Waals surface area contributed by atoms with Crippen molar-refractivity contribution in [1.29, 1.82) is 0 Å². The summed E-state index contributed by atoms with van der Waals surface area (Å²) in [5.74, 6) is 2.77. The van der Waals surface area contributed by atoms with Crippen molar-refractivity contribution in [2.75, 3.05) is 19.6 Å². The van der Waals surface area contributed by atoms with Crippen molar-refractivity contribution < 1.29 is 0 Å². The van der Waals surface area contributed by atoms with Crippen molar-refractivity contribution in [2.45, 2.75) is 77.3 Å². The molecule has 110 valence electrons. The molecule has 1 rings (SSSR count). The zero-order chi connectivity index (χ0) is 14.1. The normalized spacial score (nSPS) is 21.6. The van der Waals surface area contributed by atoms with E-state index in [9.17, 15) is 0 Å². The van der Waals surface area contributed by atoms with Crippen LogP contribution in [0.3, 0.4) is 0 Å². The SMILES string of the molecule is C#CCCCC(NCC)C(C)(CC)N1CCCCC1. The minimum absolute atomic E-state index is 0.283. The largest absolute Gasteiger partial charge is 0.312 e. The molecule has 1 fully saturated rings. The second-order valence-electron chi connectivity index (χ2n) is 5.97. The Morgan fingerprint density at radius 2 is 1.95 bits per heavy atom. The lowest BCUT2D eigenvalue weighted by Gasteiger charge is -2.48. The van der Waals surface area contributed by atoms with Gasteiger partial charge in [-0.05, 0) is 58.7 Å². The van der Waals surface area contributed by atoms with Crippen LogP contribution in [0, 0.1) is 12.3 Å². The van der Waals surface area contributed by atoms with Crippen LogP contribution in [0.25, 0.3) is 0 Å². The summed E-state index contributed by atoms with van der Waals surface area (Å²) in [6.07, 6.45) is 14.0. The molecule has 1 heterocycles. The highest BCUT2D eigenvalue weighted by Gasteiger charge is 2.37. The maximum atomic E-state index is 5.39. The number of likely N-dealkylation sites (tertiary alicyclic amines) is 1. The molecule has 2 nitrogen and oxygen atoms in total. The van der Waals surface area contributed by atoms with E-state index in [2.05, 4.69) is 36.9 Å². The van der Waals surface area contributed by atoms with E-state index in [4.69, 9.17) is 6.42 Å². The Labute approximate surface area is 120 Å². The molecule has 19 heavy (non-hydrogen) atoms. The molecule has 0 aromatic heterocycles. The van der Waals surface area contributed by atoms with Gasteiger partial charge in [-0.1, -0.05) is 20.3 Å². The number of piperidine rings is 1. The van der Waals surface area contributed by atoms with Crippen molar-refractivity contribution in [3.63, 3.8) is 0 Å². The van der Waals surface area contributed by atoms with Gasteiger partial charge in [0.05, 0.1) is 0 Å². The average molecular weight is 264 g/mol. The van der Waals surface area contributed by atoms with Gasteiger partial charge in [0.15, 0.2) is 0 Å². The lowest BCUT2D eigenvalue weighted by molar-refractivity contribution is 0.0402. The number of nitrogens with one attached hydrogen (secondary N) is 1. The first-order chi connectivity index (χ1) is 9.19. The van der Waals surface area contributed by atoms with Crippen molar-refractivity contribution in [2.24, 2.45) is 0 Å². The summed E-state index contributed by atoms with van der Waals surface area (Å²) in [4.78, 5) is 2.72. The molecule has 0 bridgehead atoms. The molecule has 0 aromatic carbocycles. The van der Waals surface area contributed by atoms with Crippen LogP contribution in [0.2, 0.25) is 0 Å². The first-order valence-electron chi connectivity index (χ1n) is 8.11. The van der Waals surface area contributed by atoms with E-state index >= 15 is 0 Å². The van der Waals surface area contributed by atoms with Gasteiger partial charge in [-0.15, -0.1) is 12.3 Å². The van der Waals surface area contributed by atoms with Gasteiger partial charge in [-0.25, -0.2) is 0 Å². The summed E-state index contributed by atoms with van der Waals surface area (Å²) in [5, 5.41) is 3.72. The number of terminal acetylenes is 1. The third-order valence-corrected chi connectivity index (χ3v) is 4.81. The van der Waals surface area contributed by atoms with Crippen LogP contribution in [0.1, 0.15) is 65.7 Å². The molecular weight excluding hydrogens is 232 g/mol. The van der Waals surface area contributed by atoms with Gasteiger partial charge in [0, 0.05) is 18.0 Å². The van der Waals surface area contributed by atoms with Gasteiger partial charge in [0.2, 0.25) is 0 Å². The predicted molar refractivity (Wildman–Crippen MR) is 84.3 cm³/mol. The molecule has 0 aliphatic carbocycles. The van der Waals surface area contributed by atoms with E-state index < -0.39 is 0 Å². The first-order valence-corrected chi connectivity index (χ1v) is 8.11. The molecule has 0 saturated carbocycles. The number of hydrogen-bond acceptors (Lipinski definition) is 2. The Morgan fingerprint density at radius 3 is 2.47 bits per heavy atom. The summed E-state index contributed by atoms with van der Waals surface area (Å²) in [6, 6.07) is 0.564. The molecule has 1 aliphatic heterocycles.